The van der Waals surface area contributed by atoms with Crippen LogP contribution in [0.2, 0.25) is 5.02 Å². The van der Waals surface area contributed by atoms with E-state index in [2.05, 4.69) is 5.32 Å². The van der Waals surface area contributed by atoms with Gasteiger partial charge in [-0.2, -0.15) is 0 Å². The van der Waals surface area contributed by atoms with Crippen LogP contribution in [0.25, 0.3) is 0 Å². The first kappa shape index (κ1) is 17.4. The third-order valence-electron chi connectivity index (χ3n) is 3.55. The van der Waals surface area contributed by atoms with E-state index in [1.165, 1.54) is 19.2 Å². The van der Waals surface area contributed by atoms with Gasteiger partial charge in [0.25, 0.3) is 5.91 Å². The van der Waals surface area contributed by atoms with E-state index in [0.29, 0.717) is 37.7 Å². The number of morpholine rings is 1. The molecule has 1 saturated heterocycles. The minimum atomic E-state index is -0.362. The van der Waals surface area contributed by atoms with Crippen LogP contribution in [0.1, 0.15) is 16.8 Å². The number of carbonyl (C=O) groups excluding carboxylic acids is 2. The lowest BCUT2D eigenvalue weighted by Gasteiger charge is -2.26. The zero-order chi connectivity index (χ0) is 16.8. The van der Waals surface area contributed by atoms with E-state index in [9.17, 15) is 9.59 Å². The third kappa shape index (κ3) is 4.49. The number of anilines is 1. The summed E-state index contributed by atoms with van der Waals surface area (Å²) >= 11 is 5.94. The van der Waals surface area contributed by atoms with Crippen molar-refractivity contribution in [2.45, 2.75) is 6.42 Å². The number of nitrogens with one attached hydrogen (secondary N) is 1. The Bertz CT molecular complexity index is 588. The van der Waals surface area contributed by atoms with Crippen molar-refractivity contribution in [3.05, 3.63) is 22.7 Å². The molecule has 0 atom stereocenters. The van der Waals surface area contributed by atoms with Crippen LogP contribution >= 0.6 is 11.6 Å². The van der Waals surface area contributed by atoms with Crippen LogP contribution in [0.5, 0.6) is 5.75 Å². The molecule has 23 heavy (non-hydrogen) atoms. The first-order valence-electron chi connectivity index (χ1n) is 7.29. The second-order valence-electron chi connectivity index (χ2n) is 5.07. The average molecular weight is 342 g/mol. The van der Waals surface area contributed by atoms with Gasteiger partial charge in [0.05, 0.1) is 36.6 Å². The van der Waals surface area contributed by atoms with Gasteiger partial charge in [-0.3, -0.25) is 9.59 Å². The van der Waals surface area contributed by atoms with E-state index in [1.54, 1.807) is 4.90 Å². The highest BCUT2D eigenvalue weighted by Crippen LogP contribution is 2.28. The number of ether oxygens (including phenoxy) is 2. The fraction of sp³-hybridized carbons (Fsp3) is 0.467. The van der Waals surface area contributed by atoms with Crippen molar-refractivity contribution >= 4 is 29.1 Å². The lowest BCUT2D eigenvalue weighted by Crippen LogP contribution is -2.42. The van der Waals surface area contributed by atoms with Crippen LogP contribution in [0, 0.1) is 0 Å². The van der Waals surface area contributed by atoms with Gasteiger partial charge in [0.15, 0.2) is 0 Å². The summed E-state index contributed by atoms with van der Waals surface area (Å²) in [7, 11) is 1.45. The number of hydrogen-bond donors (Lipinski definition) is 2. The zero-order valence-corrected chi connectivity index (χ0v) is 13.7. The van der Waals surface area contributed by atoms with Crippen molar-refractivity contribution in [2.24, 2.45) is 0 Å². The van der Waals surface area contributed by atoms with Gasteiger partial charge in [0.1, 0.15) is 5.75 Å². The molecule has 0 aliphatic carbocycles. The van der Waals surface area contributed by atoms with Crippen molar-refractivity contribution in [1.82, 2.24) is 10.2 Å². The normalized spacial score (nSPS) is 14.4. The molecule has 1 aromatic carbocycles. The van der Waals surface area contributed by atoms with Crippen LogP contribution in [0.3, 0.4) is 0 Å². The molecule has 2 amide bonds. The Kier molecular flexibility index (Phi) is 6.06. The molecule has 0 spiro atoms. The molecule has 0 aromatic heterocycles. The molecule has 0 radical (unpaired) electrons. The molecule has 7 nitrogen and oxygen atoms in total. The van der Waals surface area contributed by atoms with Crippen LogP contribution in [-0.4, -0.2) is 56.7 Å². The number of rotatable bonds is 5. The van der Waals surface area contributed by atoms with Gasteiger partial charge in [0, 0.05) is 32.1 Å². The summed E-state index contributed by atoms with van der Waals surface area (Å²) in [5.41, 5.74) is 6.30. The molecule has 2 rings (SSSR count). The molecule has 0 bridgehead atoms. The standard InChI is InChI=1S/C15H20ClN3O4/c1-22-13-9-12(17)11(16)8-10(13)15(21)18-3-2-14(20)19-4-6-23-7-5-19/h8-9H,2-7,17H2,1H3,(H,18,21). The van der Waals surface area contributed by atoms with Crippen LogP contribution in [0.4, 0.5) is 5.69 Å². The van der Waals surface area contributed by atoms with E-state index in [0.717, 1.165) is 0 Å². The highest BCUT2D eigenvalue weighted by atomic mass is 35.5. The molecule has 0 saturated carbocycles. The lowest BCUT2D eigenvalue weighted by atomic mass is 10.1. The fourth-order valence-corrected chi connectivity index (χ4v) is 2.43. The molecule has 1 heterocycles. The summed E-state index contributed by atoms with van der Waals surface area (Å²) in [6, 6.07) is 2.95. The van der Waals surface area contributed by atoms with Gasteiger partial charge in [-0.15, -0.1) is 0 Å². The van der Waals surface area contributed by atoms with E-state index < -0.39 is 0 Å². The van der Waals surface area contributed by atoms with Crippen molar-refractivity contribution in [3.63, 3.8) is 0 Å². The van der Waals surface area contributed by atoms with Crippen LogP contribution in [-0.2, 0) is 9.53 Å². The molecule has 1 aliphatic heterocycles. The summed E-state index contributed by atoms with van der Waals surface area (Å²) < 4.78 is 10.3. The second kappa shape index (κ2) is 8.03. The van der Waals surface area contributed by atoms with Gasteiger partial charge < -0.3 is 25.4 Å². The molecule has 126 valence electrons. The molecule has 1 aromatic rings. The quantitative estimate of drug-likeness (QED) is 0.776. The predicted octanol–water partition coefficient (Wildman–Crippen LogP) is 0.909. The van der Waals surface area contributed by atoms with Crippen molar-refractivity contribution in [2.75, 3.05) is 45.7 Å². The Morgan fingerprint density at radius 1 is 1.39 bits per heavy atom. The molecule has 3 N–H and O–H groups in total. The molecule has 0 unspecified atom stereocenters. The smallest absolute Gasteiger partial charge is 0.255 e. The highest BCUT2D eigenvalue weighted by molar-refractivity contribution is 6.33. The molecular formula is C15H20ClN3O4. The third-order valence-corrected chi connectivity index (χ3v) is 3.88. The summed E-state index contributed by atoms with van der Waals surface area (Å²) in [4.78, 5) is 25.9. The Hall–Kier alpha value is -1.99. The number of amides is 2. The minimum Gasteiger partial charge on any atom is -0.496 e. The zero-order valence-electron chi connectivity index (χ0n) is 12.9. The monoisotopic (exact) mass is 341 g/mol. The first-order valence-corrected chi connectivity index (χ1v) is 7.67. The van der Waals surface area contributed by atoms with E-state index >= 15 is 0 Å². The lowest BCUT2D eigenvalue weighted by molar-refractivity contribution is -0.135. The Labute approximate surface area is 139 Å². The van der Waals surface area contributed by atoms with Gasteiger partial charge in [0.2, 0.25) is 5.91 Å². The Balaban J connectivity index is 1.89. The van der Waals surface area contributed by atoms with Gasteiger partial charge in [-0.25, -0.2) is 0 Å². The van der Waals surface area contributed by atoms with Crippen molar-refractivity contribution < 1.29 is 19.1 Å². The number of nitrogens with zero attached hydrogens (tertiary/aromatic N) is 1. The van der Waals surface area contributed by atoms with Gasteiger partial charge in [-0.05, 0) is 6.07 Å². The number of halogens is 1. The topological polar surface area (TPSA) is 93.9 Å². The summed E-state index contributed by atoms with van der Waals surface area (Å²) in [6.45, 7) is 2.53. The number of nitrogens with two attached hydrogens (primary N) is 1. The maximum atomic E-state index is 12.2. The molecular weight excluding hydrogens is 322 g/mol. The summed E-state index contributed by atoms with van der Waals surface area (Å²) in [5, 5.41) is 2.97. The maximum absolute atomic E-state index is 12.2. The van der Waals surface area contributed by atoms with Crippen molar-refractivity contribution in [3.8, 4) is 5.75 Å². The number of carbonyl (C=O) groups is 2. The SMILES string of the molecule is COc1cc(N)c(Cl)cc1C(=O)NCCC(=O)N1CCOCC1. The Morgan fingerprint density at radius 2 is 2.09 bits per heavy atom. The first-order chi connectivity index (χ1) is 11.0. The maximum Gasteiger partial charge on any atom is 0.255 e. The van der Waals surface area contributed by atoms with E-state index in [-0.39, 0.29) is 35.4 Å². The minimum absolute atomic E-state index is 0.00379. The van der Waals surface area contributed by atoms with Gasteiger partial charge >= 0.3 is 0 Å². The predicted molar refractivity (Wildman–Crippen MR) is 86.8 cm³/mol. The summed E-state index contributed by atoms with van der Waals surface area (Å²) in [6.07, 6.45) is 0.233. The van der Waals surface area contributed by atoms with Gasteiger partial charge in [-0.1, -0.05) is 11.6 Å². The number of benzene rings is 1. The van der Waals surface area contributed by atoms with E-state index in [4.69, 9.17) is 26.8 Å². The molecule has 1 aliphatic rings. The largest absolute Gasteiger partial charge is 0.496 e. The highest BCUT2D eigenvalue weighted by Gasteiger charge is 2.18. The van der Waals surface area contributed by atoms with E-state index in [1.807, 2.05) is 0 Å². The van der Waals surface area contributed by atoms with Crippen molar-refractivity contribution in [1.29, 1.82) is 0 Å². The number of hydrogen-bond acceptors (Lipinski definition) is 5. The Morgan fingerprint density at radius 3 is 2.74 bits per heavy atom. The number of methoxy groups -OCH3 is 1. The van der Waals surface area contributed by atoms with Crippen LogP contribution < -0.4 is 15.8 Å². The molecule has 8 heteroatoms. The fourth-order valence-electron chi connectivity index (χ4n) is 2.26. The molecule has 1 fully saturated rings. The van der Waals surface area contributed by atoms with Crippen LogP contribution in [0.15, 0.2) is 12.1 Å². The average Bonchev–Trinajstić information content (AvgIpc) is 2.57. The second-order valence-corrected chi connectivity index (χ2v) is 5.48. The number of nitrogen functional groups attached to an aromatic ring is 1. The summed E-state index contributed by atoms with van der Waals surface area (Å²) in [5.74, 6) is -0.0293.